The summed E-state index contributed by atoms with van der Waals surface area (Å²) in [5.74, 6) is 0.993. The molecule has 1 aliphatic rings. The highest BCUT2D eigenvalue weighted by Crippen LogP contribution is 2.50. The van der Waals surface area contributed by atoms with Gasteiger partial charge in [0.2, 0.25) is 0 Å². The molecule has 0 aromatic carbocycles. The molecule has 0 bridgehead atoms. The van der Waals surface area contributed by atoms with Gasteiger partial charge in [-0.25, -0.2) is 0 Å². The molecule has 0 saturated heterocycles. The van der Waals surface area contributed by atoms with E-state index in [4.69, 9.17) is 11.6 Å². The Morgan fingerprint density at radius 2 is 2.20 bits per heavy atom. The molecular weight excluding hydrogens is 212 g/mol. The Morgan fingerprint density at radius 3 is 2.87 bits per heavy atom. The first kappa shape index (κ1) is 9.09. The normalized spacial score (nSPS) is 18.3. The second-order valence-electron chi connectivity index (χ2n) is 4.08. The third kappa shape index (κ3) is 1.17. The van der Waals surface area contributed by atoms with Crippen molar-refractivity contribution in [3.8, 4) is 0 Å². The van der Waals surface area contributed by atoms with Crippen LogP contribution in [0.3, 0.4) is 0 Å². The predicted octanol–water partition coefficient (Wildman–Crippen LogP) is 2.22. The van der Waals surface area contributed by atoms with Crippen molar-refractivity contribution in [3.05, 3.63) is 23.4 Å². The molecule has 4 nitrogen and oxygen atoms in total. The van der Waals surface area contributed by atoms with Gasteiger partial charge in [0, 0.05) is 5.41 Å². The summed E-state index contributed by atoms with van der Waals surface area (Å²) in [6.07, 6.45) is 6.78. The average Bonchev–Trinajstić information content (AvgIpc) is 2.92. The lowest BCUT2D eigenvalue weighted by Gasteiger charge is -2.10. The van der Waals surface area contributed by atoms with E-state index in [9.17, 15) is 0 Å². The summed E-state index contributed by atoms with van der Waals surface area (Å²) in [6, 6.07) is 0. The molecule has 0 unspecified atom stereocenters. The number of fused-ring (bicyclic) bond motifs is 1. The van der Waals surface area contributed by atoms with Crippen LogP contribution in [0.25, 0.3) is 5.65 Å². The monoisotopic (exact) mass is 222 g/mol. The number of rotatable bonds is 2. The molecule has 2 aromatic rings. The molecule has 0 aliphatic heterocycles. The SMILES string of the molecule is CCC1(c2nnc3cncc(Cl)n23)CC1. The van der Waals surface area contributed by atoms with Crippen LogP contribution in [0.5, 0.6) is 0 Å². The second-order valence-corrected chi connectivity index (χ2v) is 4.47. The number of nitrogens with zero attached hydrogens (tertiary/aromatic N) is 4. The molecule has 15 heavy (non-hydrogen) atoms. The van der Waals surface area contributed by atoms with Crippen molar-refractivity contribution in [2.45, 2.75) is 31.6 Å². The highest BCUT2D eigenvalue weighted by molar-refractivity contribution is 6.29. The maximum atomic E-state index is 6.11. The van der Waals surface area contributed by atoms with Gasteiger partial charge in [-0.3, -0.25) is 9.38 Å². The molecule has 0 N–H and O–H groups in total. The minimum absolute atomic E-state index is 0.213. The predicted molar refractivity (Wildman–Crippen MR) is 57.0 cm³/mol. The molecule has 1 aliphatic carbocycles. The van der Waals surface area contributed by atoms with Crippen LogP contribution >= 0.6 is 11.6 Å². The highest BCUT2D eigenvalue weighted by Gasteiger charge is 2.46. The van der Waals surface area contributed by atoms with Crippen molar-refractivity contribution in [2.75, 3.05) is 0 Å². The van der Waals surface area contributed by atoms with Gasteiger partial charge >= 0.3 is 0 Å². The number of aromatic nitrogens is 4. The van der Waals surface area contributed by atoms with Crippen LogP contribution in [0.15, 0.2) is 12.4 Å². The lowest BCUT2D eigenvalue weighted by Crippen LogP contribution is -2.10. The van der Waals surface area contributed by atoms with Gasteiger partial charge in [-0.05, 0) is 19.3 Å². The molecule has 0 amide bonds. The molecule has 78 valence electrons. The van der Waals surface area contributed by atoms with E-state index in [-0.39, 0.29) is 5.41 Å². The maximum Gasteiger partial charge on any atom is 0.180 e. The molecule has 0 atom stereocenters. The molecule has 0 radical (unpaired) electrons. The van der Waals surface area contributed by atoms with E-state index in [0.717, 1.165) is 17.9 Å². The van der Waals surface area contributed by atoms with Crippen molar-refractivity contribution in [3.63, 3.8) is 0 Å². The van der Waals surface area contributed by atoms with E-state index in [1.807, 2.05) is 4.40 Å². The first-order chi connectivity index (χ1) is 7.27. The van der Waals surface area contributed by atoms with Crippen LogP contribution in [-0.4, -0.2) is 19.6 Å². The fourth-order valence-corrected chi connectivity index (χ4v) is 2.27. The topological polar surface area (TPSA) is 43.1 Å². The van der Waals surface area contributed by atoms with Crippen LogP contribution in [-0.2, 0) is 5.41 Å². The minimum Gasteiger partial charge on any atom is -0.266 e. The fraction of sp³-hybridized carbons (Fsp3) is 0.500. The zero-order chi connectivity index (χ0) is 10.5. The third-order valence-electron chi connectivity index (χ3n) is 3.28. The van der Waals surface area contributed by atoms with E-state index in [1.54, 1.807) is 12.4 Å². The van der Waals surface area contributed by atoms with Crippen LogP contribution in [0.1, 0.15) is 32.0 Å². The zero-order valence-electron chi connectivity index (χ0n) is 8.44. The molecule has 2 aromatic heterocycles. The van der Waals surface area contributed by atoms with E-state index in [0.29, 0.717) is 5.15 Å². The van der Waals surface area contributed by atoms with Gasteiger partial charge in [0.25, 0.3) is 0 Å². The summed E-state index contributed by atoms with van der Waals surface area (Å²) in [4.78, 5) is 4.00. The molecule has 2 heterocycles. The van der Waals surface area contributed by atoms with E-state index < -0.39 is 0 Å². The maximum absolute atomic E-state index is 6.11. The van der Waals surface area contributed by atoms with E-state index in [2.05, 4.69) is 22.1 Å². The molecule has 0 spiro atoms. The largest absolute Gasteiger partial charge is 0.266 e. The molecule has 1 fully saturated rings. The van der Waals surface area contributed by atoms with Crippen molar-refractivity contribution in [1.82, 2.24) is 19.6 Å². The quantitative estimate of drug-likeness (QED) is 0.783. The van der Waals surface area contributed by atoms with E-state index >= 15 is 0 Å². The average molecular weight is 223 g/mol. The Kier molecular flexibility index (Phi) is 1.77. The van der Waals surface area contributed by atoms with Crippen LogP contribution in [0.4, 0.5) is 0 Å². The molecule has 1 saturated carbocycles. The van der Waals surface area contributed by atoms with Crippen LogP contribution < -0.4 is 0 Å². The lowest BCUT2D eigenvalue weighted by molar-refractivity contribution is 0.606. The standard InChI is InChI=1S/C10H11ClN4/c1-2-10(3-4-10)9-14-13-8-6-12-5-7(11)15(8)9/h5-6H,2-4H2,1H3. The van der Waals surface area contributed by atoms with Gasteiger partial charge in [-0.2, -0.15) is 0 Å². The Labute approximate surface area is 92.3 Å². The Bertz CT molecular complexity index is 515. The van der Waals surface area contributed by atoms with Crippen molar-refractivity contribution >= 4 is 17.2 Å². The summed E-state index contributed by atoms with van der Waals surface area (Å²) >= 11 is 6.11. The summed E-state index contributed by atoms with van der Waals surface area (Å²) < 4.78 is 1.91. The molecular formula is C10H11ClN4. The summed E-state index contributed by atoms with van der Waals surface area (Å²) in [5.41, 5.74) is 0.946. The van der Waals surface area contributed by atoms with Crippen molar-refractivity contribution < 1.29 is 0 Å². The first-order valence-electron chi connectivity index (χ1n) is 5.12. The summed E-state index contributed by atoms with van der Waals surface area (Å²) in [7, 11) is 0. The van der Waals surface area contributed by atoms with Gasteiger partial charge in [0.1, 0.15) is 11.0 Å². The number of halogens is 1. The minimum atomic E-state index is 0.213. The van der Waals surface area contributed by atoms with Gasteiger partial charge in [0.05, 0.1) is 12.4 Å². The van der Waals surface area contributed by atoms with Crippen LogP contribution in [0.2, 0.25) is 5.15 Å². The van der Waals surface area contributed by atoms with Crippen molar-refractivity contribution in [2.24, 2.45) is 0 Å². The second kappa shape index (κ2) is 2.92. The number of hydrogen-bond donors (Lipinski definition) is 0. The Balaban J connectivity index is 2.28. The smallest absolute Gasteiger partial charge is 0.180 e. The van der Waals surface area contributed by atoms with Gasteiger partial charge in [0.15, 0.2) is 5.65 Å². The van der Waals surface area contributed by atoms with Gasteiger partial charge < -0.3 is 0 Å². The number of hydrogen-bond acceptors (Lipinski definition) is 3. The van der Waals surface area contributed by atoms with Gasteiger partial charge in [-0.1, -0.05) is 18.5 Å². The Morgan fingerprint density at radius 1 is 1.40 bits per heavy atom. The van der Waals surface area contributed by atoms with Crippen LogP contribution in [0, 0.1) is 0 Å². The molecule has 5 heteroatoms. The summed E-state index contributed by atoms with van der Waals surface area (Å²) in [5, 5.41) is 8.94. The zero-order valence-corrected chi connectivity index (χ0v) is 9.20. The van der Waals surface area contributed by atoms with Crippen molar-refractivity contribution in [1.29, 1.82) is 0 Å². The third-order valence-corrected chi connectivity index (χ3v) is 3.54. The first-order valence-corrected chi connectivity index (χ1v) is 5.50. The summed E-state index contributed by atoms with van der Waals surface area (Å²) in [6.45, 7) is 2.18. The van der Waals surface area contributed by atoms with E-state index in [1.165, 1.54) is 12.8 Å². The highest BCUT2D eigenvalue weighted by atomic mass is 35.5. The fourth-order valence-electron chi connectivity index (χ4n) is 2.04. The lowest BCUT2D eigenvalue weighted by atomic mass is 10.0. The molecule has 3 rings (SSSR count). The Hall–Kier alpha value is -1.16. The van der Waals surface area contributed by atoms with Gasteiger partial charge in [-0.15, -0.1) is 10.2 Å².